The van der Waals surface area contributed by atoms with E-state index in [4.69, 9.17) is 4.98 Å². The van der Waals surface area contributed by atoms with Gasteiger partial charge >= 0.3 is 0 Å². The first-order chi connectivity index (χ1) is 12.2. The molecule has 0 radical (unpaired) electrons. The second-order valence-electron chi connectivity index (χ2n) is 5.73. The van der Waals surface area contributed by atoms with Crippen LogP contribution in [0.15, 0.2) is 60.0 Å². The quantitative estimate of drug-likeness (QED) is 0.444. The second kappa shape index (κ2) is 6.86. The number of aromatic nitrogens is 2. The van der Waals surface area contributed by atoms with E-state index in [9.17, 15) is 4.39 Å². The number of hydrogen-bond acceptors (Lipinski definition) is 4. The molecule has 0 bridgehead atoms. The van der Waals surface area contributed by atoms with Gasteiger partial charge in [-0.2, -0.15) is 0 Å². The number of halogens is 1. The van der Waals surface area contributed by atoms with Crippen LogP contribution in [0, 0.1) is 12.7 Å². The Balaban J connectivity index is 1.61. The Hall–Kier alpha value is -2.37. The molecular formula is C20H15FN2S2. The molecule has 0 amide bonds. The Kier molecular flexibility index (Phi) is 4.42. The first-order valence-electron chi connectivity index (χ1n) is 7.91. The van der Waals surface area contributed by atoms with E-state index in [1.165, 1.54) is 17.7 Å². The van der Waals surface area contributed by atoms with Crippen molar-refractivity contribution in [2.24, 2.45) is 0 Å². The number of thiazole rings is 2. The van der Waals surface area contributed by atoms with Crippen LogP contribution in [-0.2, 0) is 6.42 Å². The average molecular weight is 366 g/mol. The van der Waals surface area contributed by atoms with E-state index >= 15 is 0 Å². The number of rotatable bonds is 4. The molecule has 0 saturated heterocycles. The standard InChI is InChI=1S/C20H15FN2S2/c1-13-19(25-20(22-13)15-7-9-16(21)10-8-15)17-12-24-18(23-17)11-14-5-3-2-4-6-14/h2-10,12H,11H2,1H3. The molecule has 4 aromatic rings. The predicted molar refractivity (Wildman–Crippen MR) is 103 cm³/mol. The molecule has 2 aromatic heterocycles. The molecule has 0 N–H and O–H groups in total. The van der Waals surface area contributed by atoms with Crippen molar-refractivity contribution in [2.45, 2.75) is 13.3 Å². The van der Waals surface area contributed by atoms with Gasteiger partial charge in [-0.1, -0.05) is 30.3 Å². The molecule has 0 spiro atoms. The van der Waals surface area contributed by atoms with Crippen LogP contribution < -0.4 is 0 Å². The lowest BCUT2D eigenvalue weighted by Gasteiger charge is -1.96. The molecule has 0 saturated carbocycles. The highest BCUT2D eigenvalue weighted by atomic mass is 32.1. The van der Waals surface area contributed by atoms with Gasteiger partial charge in [0.2, 0.25) is 0 Å². The molecule has 25 heavy (non-hydrogen) atoms. The fourth-order valence-electron chi connectivity index (χ4n) is 2.62. The third-order valence-corrected chi connectivity index (χ3v) is 5.95. The Labute approximate surface area is 153 Å². The van der Waals surface area contributed by atoms with Crippen LogP contribution >= 0.6 is 22.7 Å². The van der Waals surface area contributed by atoms with E-state index < -0.39 is 0 Å². The van der Waals surface area contributed by atoms with Crippen molar-refractivity contribution in [1.82, 2.24) is 9.97 Å². The molecule has 0 fully saturated rings. The normalized spacial score (nSPS) is 11.0. The zero-order chi connectivity index (χ0) is 17.2. The minimum atomic E-state index is -0.234. The number of nitrogens with zero attached hydrogens (tertiary/aromatic N) is 2. The lowest BCUT2D eigenvalue weighted by molar-refractivity contribution is 0.628. The highest BCUT2D eigenvalue weighted by Crippen LogP contribution is 2.35. The Bertz CT molecular complexity index is 988. The summed E-state index contributed by atoms with van der Waals surface area (Å²) in [4.78, 5) is 10.5. The fraction of sp³-hybridized carbons (Fsp3) is 0.100. The monoisotopic (exact) mass is 366 g/mol. The number of aryl methyl sites for hydroxylation is 1. The summed E-state index contributed by atoms with van der Waals surface area (Å²) < 4.78 is 13.1. The van der Waals surface area contributed by atoms with E-state index in [1.807, 2.05) is 25.1 Å². The van der Waals surface area contributed by atoms with Crippen molar-refractivity contribution in [3.05, 3.63) is 82.1 Å². The summed E-state index contributed by atoms with van der Waals surface area (Å²) in [6, 6.07) is 16.8. The summed E-state index contributed by atoms with van der Waals surface area (Å²) in [5.41, 5.74) is 4.12. The largest absolute Gasteiger partial charge is 0.241 e. The SMILES string of the molecule is Cc1nc(-c2ccc(F)cc2)sc1-c1csc(Cc2ccccc2)n1. The summed E-state index contributed by atoms with van der Waals surface area (Å²) in [5.74, 6) is -0.234. The maximum atomic E-state index is 13.1. The molecule has 5 heteroatoms. The van der Waals surface area contributed by atoms with E-state index in [-0.39, 0.29) is 5.82 Å². The molecule has 4 rings (SSSR count). The maximum absolute atomic E-state index is 13.1. The Morgan fingerprint density at radius 1 is 0.960 bits per heavy atom. The highest BCUT2D eigenvalue weighted by molar-refractivity contribution is 7.19. The fourth-order valence-corrected chi connectivity index (χ4v) is 4.54. The van der Waals surface area contributed by atoms with Gasteiger partial charge in [0.1, 0.15) is 10.8 Å². The molecule has 2 aromatic carbocycles. The summed E-state index contributed by atoms with van der Waals surface area (Å²) in [6.45, 7) is 2.00. The van der Waals surface area contributed by atoms with Crippen LogP contribution in [0.4, 0.5) is 4.39 Å². The van der Waals surface area contributed by atoms with Gasteiger partial charge in [-0.15, -0.1) is 22.7 Å². The molecule has 124 valence electrons. The second-order valence-corrected chi connectivity index (χ2v) is 7.67. The van der Waals surface area contributed by atoms with Crippen LogP contribution in [0.5, 0.6) is 0 Å². The molecule has 0 unspecified atom stereocenters. The van der Waals surface area contributed by atoms with Gasteiger partial charge in [0.05, 0.1) is 21.3 Å². The van der Waals surface area contributed by atoms with Crippen molar-refractivity contribution in [1.29, 1.82) is 0 Å². The van der Waals surface area contributed by atoms with Crippen LogP contribution in [0.2, 0.25) is 0 Å². The zero-order valence-electron chi connectivity index (χ0n) is 13.6. The van der Waals surface area contributed by atoms with Gasteiger partial charge in [-0.05, 0) is 36.8 Å². The van der Waals surface area contributed by atoms with Crippen LogP contribution in [0.25, 0.3) is 21.1 Å². The predicted octanol–water partition coefficient (Wildman–Crippen LogP) is 5.97. The molecule has 2 nitrogen and oxygen atoms in total. The number of hydrogen-bond donors (Lipinski definition) is 0. The van der Waals surface area contributed by atoms with Gasteiger partial charge < -0.3 is 0 Å². The Morgan fingerprint density at radius 2 is 1.72 bits per heavy atom. The average Bonchev–Trinajstić information content (AvgIpc) is 3.23. The zero-order valence-corrected chi connectivity index (χ0v) is 15.2. The molecule has 0 aliphatic rings. The highest BCUT2D eigenvalue weighted by Gasteiger charge is 2.14. The Morgan fingerprint density at radius 3 is 2.48 bits per heavy atom. The lowest BCUT2D eigenvalue weighted by atomic mass is 10.2. The smallest absolute Gasteiger partial charge is 0.124 e. The van der Waals surface area contributed by atoms with Crippen LogP contribution in [0.3, 0.4) is 0 Å². The van der Waals surface area contributed by atoms with Gasteiger partial charge in [-0.3, -0.25) is 0 Å². The van der Waals surface area contributed by atoms with E-state index in [0.717, 1.165) is 38.3 Å². The maximum Gasteiger partial charge on any atom is 0.124 e. The van der Waals surface area contributed by atoms with Crippen molar-refractivity contribution >= 4 is 22.7 Å². The lowest BCUT2D eigenvalue weighted by Crippen LogP contribution is -1.86. The van der Waals surface area contributed by atoms with E-state index in [1.54, 1.807) is 34.8 Å². The van der Waals surface area contributed by atoms with Gasteiger partial charge in [-0.25, -0.2) is 14.4 Å². The van der Waals surface area contributed by atoms with Crippen molar-refractivity contribution < 1.29 is 4.39 Å². The van der Waals surface area contributed by atoms with Crippen LogP contribution in [-0.4, -0.2) is 9.97 Å². The molecule has 2 heterocycles. The topological polar surface area (TPSA) is 25.8 Å². The van der Waals surface area contributed by atoms with Crippen molar-refractivity contribution in [3.63, 3.8) is 0 Å². The molecule has 0 aliphatic heterocycles. The van der Waals surface area contributed by atoms with Crippen molar-refractivity contribution in [2.75, 3.05) is 0 Å². The summed E-state index contributed by atoms with van der Waals surface area (Å²) in [7, 11) is 0. The first kappa shape index (κ1) is 16.1. The summed E-state index contributed by atoms with van der Waals surface area (Å²) >= 11 is 3.27. The molecule has 0 atom stereocenters. The van der Waals surface area contributed by atoms with Gasteiger partial charge in [0.25, 0.3) is 0 Å². The first-order valence-corrected chi connectivity index (χ1v) is 9.61. The minimum Gasteiger partial charge on any atom is -0.241 e. The van der Waals surface area contributed by atoms with Gasteiger partial charge in [0.15, 0.2) is 0 Å². The van der Waals surface area contributed by atoms with Crippen molar-refractivity contribution in [3.8, 4) is 21.1 Å². The third kappa shape index (κ3) is 3.52. The van der Waals surface area contributed by atoms with Crippen LogP contribution in [0.1, 0.15) is 16.3 Å². The van der Waals surface area contributed by atoms with E-state index in [2.05, 4.69) is 22.5 Å². The van der Waals surface area contributed by atoms with Gasteiger partial charge in [0, 0.05) is 17.4 Å². The third-order valence-electron chi connectivity index (χ3n) is 3.87. The number of benzene rings is 2. The summed E-state index contributed by atoms with van der Waals surface area (Å²) in [5, 5.41) is 4.08. The minimum absolute atomic E-state index is 0.234. The van der Waals surface area contributed by atoms with E-state index in [0.29, 0.717) is 0 Å². The molecule has 0 aliphatic carbocycles. The molecular weight excluding hydrogens is 351 g/mol. The summed E-state index contributed by atoms with van der Waals surface area (Å²) in [6.07, 6.45) is 0.841.